The van der Waals surface area contributed by atoms with E-state index in [0.29, 0.717) is 26.3 Å². The number of nitrogens with zero attached hydrogens (tertiary/aromatic N) is 3. The van der Waals surface area contributed by atoms with Crippen LogP contribution in [0.15, 0.2) is 12.4 Å². The van der Waals surface area contributed by atoms with Gasteiger partial charge in [-0.25, -0.2) is 0 Å². The highest BCUT2D eigenvalue weighted by atomic mass is 16.5. The van der Waals surface area contributed by atoms with Crippen molar-refractivity contribution in [2.75, 3.05) is 26.3 Å². The molecule has 2 atom stereocenters. The lowest BCUT2D eigenvalue weighted by Gasteiger charge is -2.30. The molecule has 0 aliphatic carbocycles. The number of hydrogen-bond donors (Lipinski definition) is 1. The maximum Gasteiger partial charge on any atom is 0.239 e. The zero-order chi connectivity index (χ0) is 14.5. The summed E-state index contributed by atoms with van der Waals surface area (Å²) in [6.45, 7) is 9.43. The molecule has 0 radical (unpaired) electrons. The second-order valence-electron chi connectivity index (χ2n) is 5.47. The fourth-order valence-corrected chi connectivity index (χ4v) is 2.46. The Hall–Kier alpha value is -1.40. The first-order valence-corrected chi connectivity index (χ1v) is 7.18. The van der Waals surface area contributed by atoms with E-state index in [0.717, 1.165) is 12.1 Å². The second kappa shape index (κ2) is 6.85. The molecule has 1 fully saturated rings. The van der Waals surface area contributed by atoms with Crippen LogP contribution in [0.1, 0.15) is 19.4 Å². The lowest BCUT2D eigenvalue weighted by atomic mass is 10.2. The number of amides is 1. The summed E-state index contributed by atoms with van der Waals surface area (Å²) < 4.78 is 7.17. The van der Waals surface area contributed by atoms with Gasteiger partial charge in [-0.05, 0) is 26.3 Å². The monoisotopic (exact) mass is 280 g/mol. The maximum atomic E-state index is 12.3. The molecule has 1 aliphatic heterocycles. The molecule has 2 rings (SSSR count). The van der Waals surface area contributed by atoms with Crippen LogP contribution in [0.3, 0.4) is 0 Å². The van der Waals surface area contributed by atoms with Gasteiger partial charge in [0.05, 0.1) is 32.0 Å². The van der Waals surface area contributed by atoms with Crippen molar-refractivity contribution in [3.63, 3.8) is 0 Å². The lowest BCUT2D eigenvalue weighted by Crippen LogP contribution is -2.51. The smallest absolute Gasteiger partial charge is 0.239 e. The van der Waals surface area contributed by atoms with Crippen molar-refractivity contribution in [2.24, 2.45) is 0 Å². The molecule has 1 amide bonds. The molecule has 1 saturated heterocycles. The molecule has 0 spiro atoms. The third-order valence-electron chi connectivity index (χ3n) is 3.45. The second-order valence-corrected chi connectivity index (χ2v) is 5.47. The van der Waals surface area contributed by atoms with E-state index >= 15 is 0 Å². The Morgan fingerprint density at radius 2 is 2.15 bits per heavy atom. The van der Waals surface area contributed by atoms with E-state index in [4.69, 9.17) is 4.74 Å². The Bertz CT molecular complexity index is 440. The van der Waals surface area contributed by atoms with Crippen LogP contribution in [0.4, 0.5) is 0 Å². The van der Waals surface area contributed by atoms with Gasteiger partial charge >= 0.3 is 0 Å². The molecule has 0 saturated carbocycles. The number of carbonyl (C=O) groups excluding carboxylic acids is 1. The van der Waals surface area contributed by atoms with Crippen molar-refractivity contribution in [1.29, 1.82) is 0 Å². The molecule has 1 aromatic rings. The summed E-state index contributed by atoms with van der Waals surface area (Å²) >= 11 is 0. The van der Waals surface area contributed by atoms with E-state index in [1.54, 1.807) is 0 Å². The number of aromatic nitrogens is 2. The zero-order valence-electron chi connectivity index (χ0n) is 12.5. The predicted molar refractivity (Wildman–Crippen MR) is 76.4 cm³/mol. The van der Waals surface area contributed by atoms with Crippen LogP contribution in [0.2, 0.25) is 0 Å². The van der Waals surface area contributed by atoms with Crippen molar-refractivity contribution in [3.8, 4) is 0 Å². The number of hydrogen-bond acceptors (Lipinski definition) is 4. The fourth-order valence-electron chi connectivity index (χ4n) is 2.46. The van der Waals surface area contributed by atoms with Gasteiger partial charge in [-0.15, -0.1) is 0 Å². The van der Waals surface area contributed by atoms with Crippen molar-refractivity contribution < 1.29 is 9.53 Å². The molecular weight excluding hydrogens is 256 g/mol. The minimum Gasteiger partial charge on any atom is -0.378 e. The average molecular weight is 280 g/mol. The van der Waals surface area contributed by atoms with Crippen LogP contribution >= 0.6 is 0 Å². The molecule has 0 bridgehead atoms. The Morgan fingerprint density at radius 1 is 1.45 bits per heavy atom. The van der Waals surface area contributed by atoms with Crippen LogP contribution in [0, 0.1) is 6.92 Å². The van der Waals surface area contributed by atoms with Gasteiger partial charge in [-0.1, -0.05) is 0 Å². The Labute approximate surface area is 120 Å². The Kier molecular flexibility index (Phi) is 5.14. The number of nitrogens with one attached hydrogen (secondary N) is 1. The third-order valence-corrected chi connectivity index (χ3v) is 3.45. The molecular formula is C14H24N4O2. The SMILES string of the molecule is Cc1cnn(C[C@H](C)N[C@@H](C)C(=O)N2CCOCC2)c1. The molecule has 6 heteroatoms. The summed E-state index contributed by atoms with van der Waals surface area (Å²) in [5.74, 6) is 0.150. The van der Waals surface area contributed by atoms with Crippen LogP contribution < -0.4 is 5.32 Å². The van der Waals surface area contributed by atoms with E-state index in [2.05, 4.69) is 17.3 Å². The van der Waals surface area contributed by atoms with Gasteiger partial charge in [0.2, 0.25) is 5.91 Å². The lowest BCUT2D eigenvalue weighted by molar-refractivity contribution is -0.137. The Morgan fingerprint density at radius 3 is 2.75 bits per heavy atom. The standard InChI is InChI=1S/C14H24N4O2/c1-11-8-15-18(9-11)10-12(2)16-13(3)14(19)17-4-6-20-7-5-17/h8-9,12-13,16H,4-7,10H2,1-3H3/t12-,13-/m0/s1. The van der Waals surface area contributed by atoms with Gasteiger partial charge in [-0.3, -0.25) is 9.48 Å². The van der Waals surface area contributed by atoms with Gasteiger partial charge in [-0.2, -0.15) is 5.10 Å². The topological polar surface area (TPSA) is 59.4 Å². The molecule has 1 aromatic heterocycles. The maximum absolute atomic E-state index is 12.3. The van der Waals surface area contributed by atoms with E-state index in [1.807, 2.05) is 35.8 Å². The first-order valence-electron chi connectivity index (χ1n) is 7.18. The summed E-state index contributed by atoms with van der Waals surface area (Å²) in [6, 6.07) is 0.00838. The number of rotatable bonds is 5. The summed E-state index contributed by atoms with van der Waals surface area (Å²) in [7, 11) is 0. The van der Waals surface area contributed by atoms with Gasteiger partial charge in [0.15, 0.2) is 0 Å². The van der Waals surface area contributed by atoms with E-state index in [-0.39, 0.29) is 18.0 Å². The number of ether oxygens (including phenoxy) is 1. The Balaban J connectivity index is 1.80. The summed E-state index contributed by atoms with van der Waals surface area (Å²) in [5.41, 5.74) is 1.15. The fraction of sp³-hybridized carbons (Fsp3) is 0.714. The average Bonchev–Trinajstić information content (AvgIpc) is 2.84. The highest BCUT2D eigenvalue weighted by molar-refractivity contribution is 5.81. The van der Waals surface area contributed by atoms with Crippen LogP contribution in [-0.4, -0.2) is 59.0 Å². The summed E-state index contributed by atoms with van der Waals surface area (Å²) in [4.78, 5) is 14.1. The van der Waals surface area contributed by atoms with E-state index in [9.17, 15) is 4.79 Å². The van der Waals surface area contributed by atoms with Crippen LogP contribution in [-0.2, 0) is 16.1 Å². The van der Waals surface area contributed by atoms with Crippen LogP contribution in [0.5, 0.6) is 0 Å². The highest BCUT2D eigenvalue weighted by Crippen LogP contribution is 2.02. The van der Waals surface area contributed by atoms with Crippen molar-refractivity contribution in [1.82, 2.24) is 20.0 Å². The van der Waals surface area contributed by atoms with E-state index in [1.165, 1.54) is 0 Å². The van der Waals surface area contributed by atoms with E-state index < -0.39 is 0 Å². The number of carbonyl (C=O) groups is 1. The quantitative estimate of drug-likeness (QED) is 0.849. The molecule has 1 aliphatic rings. The minimum atomic E-state index is -0.181. The molecule has 6 nitrogen and oxygen atoms in total. The van der Waals surface area contributed by atoms with Gasteiger partial charge < -0.3 is 15.0 Å². The molecule has 2 heterocycles. The summed E-state index contributed by atoms with van der Waals surface area (Å²) in [5, 5.41) is 7.60. The largest absolute Gasteiger partial charge is 0.378 e. The van der Waals surface area contributed by atoms with Crippen molar-refractivity contribution in [3.05, 3.63) is 18.0 Å². The normalized spacial score (nSPS) is 18.9. The first kappa shape index (κ1) is 15.0. The summed E-state index contributed by atoms with van der Waals surface area (Å²) in [6.07, 6.45) is 3.85. The molecule has 1 N–H and O–H groups in total. The minimum absolute atomic E-state index is 0.150. The van der Waals surface area contributed by atoms with Crippen molar-refractivity contribution >= 4 is 5.91 Å². The molecule has 0 aromatic carbocycles. The zero-order valence-corrected chi connectivity index (χ0v) is 12.5. The molecule has 20 heavy (non-hydrogen) atoms. The first-order chi connectivity index (χ1) is 9.56. The third kappa shape index (κ3) is 4.05. The molecule has 0 unspecified atom stereocenters. The number of morpholine rings is 1. The van der Waals surface area contributed by atoms with Crippen molar-refractivity contribution in [2.45, 2.75) is 39.4 Å². The predicted octanol–water partition coefficient (Wildman–Crippen LogP) is 0.417. The van der Waals surface area contributed by atoms with Gasteiger partial charge in [0, 0.05) is 25.3 Å². The number of aryl methyl sites for hydroxylation is 1. The van der Waals surface area contributed by atoms with Gasteiger partial charge in [0.1, 0.15) is 0 Å². The molecule has 112 valence electrons. The highest BCUT2D eigenvalue weighted by Gasteiger charge is 2.23. The van der Waals surface area contributed by atoms with Crippen LogP contribution in [0.25, 0.3) is 0 Å². The van der Waals surface area contributed by atoms with Gasteiger partial charge in [0.25, 0.3) is 0 Å².